The molecule has 1 fully saturated rings. The fourth-order valence-corrected chi connectivity index (χ4v) is 4.02. The van der Waals surface area contributed by atoms with E-state index in [0.29, 0.717) is 25.6 Å². The number of carbonyl (C=O) groups is 1. The lowest BCUT2D eigenvalue weighted by molar-refractivity contribution is -0.145. The minimum absolute atomic E-state index is 0.146. The molecule has 0 N–H and O–H groups in total. The highest BCUT2D eigenvalue weighted by atomic mass is 16.6. The molecule has 156 valence electrons. The second kappa shape index (κ2) is 10.0. The van der Waals surface area contributed by atoms with E-state index in [1.165, 1.54) is 11.1 Å². The van der Waals surface area contributed by atoms with Crippen LogP contribution in [0, 0.1) is 5.92 Å². The molecule has 1 saturated heterocycles. The summed E-state index contributed by atoms with van der Waals surface area (Å²) in [6.45, 7) is 8.97. The molecule has 3 rings (SSSR count). The standard InChI is InChI=1S/C25H33NO3/c1-4-28-24(27)16-25(19-29-25)23(15-20(2)3)26(17-21-11-7-5-8-12-21)18-22-13-9-6-10-14-22/h5-14,20,23H,4,15-19H2,1-3H3/t23-,25-/m0/s1. The molecular formula is C25H33NO3. The number of carbonyl (C=O) groups excluding carboxylic acids is 1. The Hall–Kier alpha value is -2.17. The number of epoxide rings is 1. The van der Waals surface area contributed by atoms with Crippen molar-refractivity contribution in [1.82, 2.24) is 4.90 Å². The fourth-order valence-electron chi connectivity index (χ4n) is 4.02. The number of ether oxygens (including phenoxy) is 2. The second-order valence-corrected chi connectivity index (χ2v) is 8.36. The van der Waals surface area contributed by atoms with E-state index in [-0.39, 0.29) is 12.0 Å². The lowest BCUT2D eigenvalue weighted by Crippen LogP contribution is -2.47. The summed E-state index contributed by atoms with van der Waals surface area (Å²) in [4.78, 5) is 14.8. The van der Waals surface area contributed by atoms with E-state index in [9.17, 15) is 4.79 Å². The van der Waals surface area contributed by atoms with Crippen LogP contribution in [0.1, 0.15) is 44.7 Å². The van der Waals surface area contributed by atoms with Crippen LogP contribution >= 0.6 is 0 Å². The SMILES string of the molecule is CCOC(=O)C[C@@]1([C@H](CC(C)C)N(Cc2ccccc2)Cc2ccccc2)CO1. The first-order valence-electron chi connectivity index (χ1n) is 10.6. The zero-order chi connectivity index (χ0) is 20.7. The van der Waals surface area contributed by atoms with Gasteiger partial charge < -0.3 is 9.47 Å². The van der Waals surface area contributed by atoms with Gasteiger partial charge in [0.25, 0.3) is 0 Å². The molecule has 2 aromatic rings. The van der Waals surface area contributed by atoms with Crippen LogP contribution in [-0.4, -0.2) is 35.7 Å². The third-order valence-electron chi connectivity index (χ3n) is 5.46. The van der Waals surface area contributed by atoms with Crippen molar-refractivity contribution in [3.8, 4) is 0 Å². The Bertz CT molecular complexity index is 715. The van der Waals surface area contributed by atoms with Gasteiger partial charge >= 0.3 is 5.97 Å². The van der Waals surface area contributed by atoms with E-state index in [2.05, 4.69) is 67.3 Å². The monoisotopic (exact) mass is 395 g/mol. The fraction of sp³-hybridized carbons (Fsp3) is 0.480. The number of esters is 1. The number of hydrogen-bond acceptors (Lipinski definition) is 4. The summed E-state index contributed by atoms with van der Waals surface area (Å²) >= 11 is 0. The summed E-state index contributed by atoms with van der Waals surface area (Å²) in [5.74, 6) is 0.329. The van der Waals surface area contributed by atoms with Gasteiger partial charge in [0.05, 0.1) is 19.6 Å². The van der Waals surface area contributed by atoms with Crippen LogP contribution < -0.4 is 0 Å². The summed E-state index contributed by atoms with van der Waals surface area (Å²) in [7, 11) is 0. The Balaban J connectivity index is 1.88. The van der Waals surface area contributed by atoms with Crippen LogP contribution in [0.25, 0.3) is 0 Å². The first-order chi connectivity index (χ1) is 14.0. The van der Waals surface area contributed by atoms with Gasteiger partial charge in [-0.25, -0.2) is 0 Å². The zero-order valence-corrected chi connectivity index (χ0v) is 17.8. The average Bonchev–Trinajstić information content (AvgIpc) is 3.47. The summed E-state index contributed by atoms with van der Waals surface area (Å²) in [6, 6.07) is 21.2. The molecular weight excluding hydrogens is 362 g/mol. The summed E-state index contributed by atoms with van der Waals surface area (Å²) in [5, 5.41) is 0. The van der Waals surface area contributed by atoms with Crippen molar-refractivity contribution in [3.63, 3.8) is 0 Å². The van der Waals surface area contributed by atoms with Gasteiger partial charge in [-0.2, -0.15) is 0 Å². The first kappa shape index (κ1) is 21.5. The zero-order valence-electron chi connectivity index (χ0n) is 17.8. The van der Waals surface area contributed by atoms with Crippen molar-refractivity contribution >= 4 is 5.97 Å². The third kappa shape index (κ3) is 6.15. The van der Waals surface area contributed by atoms with E-state index in [0.717, 1.165) is 19.5 Å². The first-order valence-corrected chi connectivity index (χ1v) is 10.6. The maximum Gasteiger partial charge on any atom is 0.308 e. The second-order valence-electron chi connectivity index (χ2n) is 8.36. The van der Waals surface area contributed by atoms with Crippen LogP contribution in [0.4, 0.5) is 0 Å². The van der Waals surface area contributed by atoms with Crippen molar-refractivity contribution < 1.29 is 14.3 Å². The van der Waals surface area contributed by atoms with Gasteiger partial charge in [0.15, 0.2) is 0 Å². The highest BCUT2D eigenvalue weighted by molar-refractivity contribution is 5.71. The lowest BCUT2D eigenvalue weighted by Gasteiger charge is -2.37. The minimum Gasteiger partial charge on any atom is -0.466 e. The molecule has 0 amide bonds. The Morgan fingerprint density at radius 3 is 1.97 bits per heavy atom. The quantitative estimate of drug-likeness (QED) is 0.404. The molecule has 2 atom stereocenters. The molecule has 1 heterocycles. The molecule has 1 aliphatic rings. The van der Waals surface area contributed by atoms with Gasteiger partial charge in [0.2, 0.25) is 0 Å². The average molecular weight is 396 g/mol. The van der Waals surface area contributed by atoms with Gasteiger partial charge in [-0.1, -0.05) is 74.5 Å². The lowest BCUT2D eigenvalue weighted by atomic mass is 9.87. The van der Waals surface area contributed by atoms with Crippen molar-refractivity contribution in [2.75, 3.05) is 13.2 Å². The Labute approximate surface area is 174 Å². The van der Waals surface area contributed by atoms with Crippen LogP contribution in [0.5, 0.6) is 0 Å². The summed E-state index contributed by atoms with van der Waals surface area (Å²) in [6.07, 6.45) is 1.29. The molecule has 0 aliphatic carbocycles. The predicted octanol–water partition coefficient (Wildman–Crippen LogP) is 4.83. The van der Waals surface area contributed by atoms with Crippen molar-refractivity contribution in [1.29, 1.82) is 0 Å². The van der Waals surface area contributed by atoms with Crippen LogP contribution in [0.15, 0.2) is 60.7 Å². The molecule has 4 nitrogen and oxygen atoms in total. The predicted molar refractivity (Wildman–Crippen MR) is 115 cm³/mol. The van der Waals surface area contributed by atoms with Gasteiger partial charge in [0, 0.05) is 19.1 Å². The number of nitrogens with zero attached hydrogens (tertiary/aromatic N) is 1. The molecule has 0 aromatic heterocycles. The minimum atomic E-state index is -0.444. The molecule has 4 heteroatoms. The molecule has 29 heavy (non-hydrogen) atoms. The maximum atomic E-state index is 12.3. The Morgan fingerprint density at radius 2 is 1.55 bits per heavy atom. The van der Waals surface area contributed by atoms with Gasteiger partial charge in [0.1, 0.15) is 5.60 Å². The van der Waals surface area contributed by atoms with E-state index in [4.69, 9.17) is 9.47 Å². The van der Waals surface area contributed by atoms with Gasteiger partial charge in [-0.3, -0.25) is 9.69 Å². The van der Waals surface area contributed by atoms with E-state index in [1.807, 2.05) is 19.1 Å². The highest BCUT2D eigenvalue weighted by Gasteiger charge is 2.55. The van der Waals surface area contributed by atoms with Crippen LogP contribution in [0.2, 0.25) is 0 Å². The van der Waals surface area contributed by atoms with Crippen LogP contribution in [0.3, 0.4) is 0 Å². The number of rotatable bonds is 11. The van der Waals surface area contributed by atoms with Crippen molar-refractivity contribution in [2.24, 2.45) is 5.92 Å². The van der Waals surface area contributed by atoms with E-state index >= 15 is 0 Å². The number of benzene rings is 2. The Kier molecular flexibility index (Phi) is 7.45. The van der Waals surface area contributed by atoms with Gasteiger partial charge in [-0.15, -0.1) is 0 Å². The van der Waals surface area contributed by atoms with Gasteiger partial charge in [-0.05, 0) is 30.4 Å². The molecule has 0 spiro atoms. The highest BCUT2D eigenvalue weighted by Crippen LogP contribution is 2.41. The normalized spacial score (nSPS) is 19.3. The molecule has 0 unspecified atom stereocenters. The summed E-state index contributed by atoms with van der Waals surface area (Å²) < 4.78 is 11.2. The molecule has 1 aliphatic heterocycles. The smallest absolute Gasteiger partial charge is 0.308 e. The van der Waals surface area contributed by atoms with Crippen LogP contribution in [-0.2, 0) is 27.4 Å². The molecule has 0 saturated carbocycles. The van der Waals surface area contributed by atoms with Crippen molar-refractivity contribution in [3.05, 3.63) is 71.8 Å². The number of hydrogen-bond donors (Lipinski definition) is 0. The Morgan fingerprint density at radius 1 is 1.03 bits per heavy atom. The summed E-state index contributed by atoms with van der Waals surface area (Å²) in [5.41, 5.74) is 2.09. The third-order valence-corrected chi connectivity index (χ3v) is 5.46. The topological polar surface area (TPSA) is 42.1 Å². The molecule has 2 aromatic carbocycles. The molecule has 0 bridgehead atoms. The largest absolute Gasteiger partial charge is 0.466 e. The van der Waals surface area contributed by atoms with Crippen molar-refractivity contribution in [2.45, 2.75) is 58.3 Å². The van der Waals surface area contributed by atoms with E-state index < -0.39 is 5.60 Å². The molecule has 0 radical (unpaired) electrons. The maximum absolute atomic E-state index is 12.3. The van der Waals surface area contributed by atoms with E-state index in [1.54, 1.807) is 0 Å².